The second-order valence-electron chi connectivity index (χ2n) is 6.08. The fourth-order valence-electron chi connectivity index (χ4n) is 2.55. The van der Waals surface area contributed by atoms with Gasteiger partial charge in [-0.2, -0.15) is 0 Å². The van der Waals surface area contributed by atoms with Crippen LogP contribution < -0.4 is 15.0 Å². The Balaban J connectivity index is 1.51. The number of amides is 2. The summed E-state index contributed by atoms with van der Waals surface area (Å²) in [5.41, 5.74) is 0.926. The number of hydrogen-bond donors (Lipinski definition) is 1. The first-order chi connectivity index (χ1) is 13.1. The number of carbonyl (C=O) groups excluding carboxylic acids is 2. The SMILES string of the molecule is CCC(=O)N(c1nnc(SCC(=O)NCc2ccccc2OC)s1)C1CC1. The van der Waals surface area contributed by atoms with E-state index >= 15 is 0 Å². The quantitative estimate of drug-likeness (QED) is 0.509. The van der Waals surface area contributed by atoms with Crippen molar-refractivity contribution in [1.29, 1.82) is 0 Å². The second-order valence-corrected chi connectivity index (χ2v) is 8.25. The number of anilines is 1. The molecular formula is C18H22N4O3S2. The Labute approximate surface area is 166 Å². The first kappa shape index (κ1) is 19.6. The lowest BCUT2D eigenvalue weighted by atomic mass is 10.2. The van der Waals surface area contributed by atoms with Crippen molar-refractivity contribution in [2.24, 2.45) is 0 Å². The topological polar surface area (TPSA) is 84.4 Å². The summed E-state index contributed by atoms with van der Waals surface area (Å²) >= 11 is 2.69. The van der Waals surface area contributed by atoms with Crippen LogP contribution in [-0.2, 0) is 16.1 Å². The van der Waals surface area contributed by atoms with Gasteiger partial charge in [0.1, 0.15) is 5.75 Å². The number of rotatable bonds is 9. The van der Waals surface area contributed by atoms with Crippen LogP contribution >= 0.6 is 23.1 Å². The van der Waals surface area contributed by atoms with E-state index in [1.807, 2.05) is 31.2 Å². The summed E-state index contributed by atoms with van der Waals surface area (Å²) in [5, 5.41) is 11.8. The van der Waals surface area contributed by atoms with E-state index in [0.29, 0.717) is 22.4 Å². The number of carbonyl (C=O) groups is 2. The Hall–Kier alpha value is -2.13. The van der Waals surface area contributed by atoms with Crippen molar-refractivity contribution in [2.75, 3.05) is 17.8 Å². The van der Waals surface area contributed by atoms with Gasteiger partial charge in [0.25, 0.3) is 0 Å². The van der Waals surface area contributed by atoms with E-state index < -0.39 is 0 Å². The van der Waals surface area contributed by atoms with Crippen LogP contribution in [0.25, 0.3) is 0 Å². The van der Waals surface area contributed by atoms with E-state index in [1.165, 1.54) is 23.1 Å². The van der Waals surface area contributed by atoms with Crippen molar-refractivity contribution in [3.8, 4) is 5.75 Å². The van der Waals surface area contributed by atoms with Crippen LogP contribution in [0.15, 0.2) is 28.6 Å². The normalized spacial score (nSPS) is 13.3. The number of para-hydroxylation sites is 1. The number of ether oxygens (including phenoxy) is 1. The van der Waals surface area contributed by atoms with Gasteiger partial charge in [-0.05, 0) is 18.9 Å². The maximum atomic E-state index is 12.1. The van der Waals surface area contributed by atoms with Crippen LogP contribution in [0.4, 0.5) is 5.13 Å². The van der Waals surface area contributed by atoms with Gasteiger partial charge in [0, 0.05) is 24.6 Å². The van der Waals surface area contributed by atoms with Crippen LogP contribution in [-0.4, -0.2) is 40.9 Å². The van der Waals surface area contributed by atoms with Gasteiger partial charge >= 0.3 is 0 Å². The molecule has 0 bridgehead atoms. The summed E-state index contributed by atoms with van der Waals surface area (Å²) in [4.78, 5) is 26.0. The number of methoxy groups -OCH3 is 1. The minimum atomic E-state index is -0.0914. The predicted octanol–water partition coefficient (Wildman–Crippen LogP) is 2.86. The van der Waals surface area contributed by atoms with E-state index in [4.69, 9.17) is 4.74 Å². The van der Waals surface area contributed by atoms with Gasteiger partial charge in [-0.1, -0.05) is 48.2 Å². The molecule has 2 amide bonds. The van der Waals surface area contributed by atoms with Gasteiger partial charge in [-0.15, -0.1) is 10.2 Å². The van der Waals surface area contributed by atoms with Gasteiger partial charge in [0.2, 0.25) is 16.9 Å². The zero-order valence-corrected chi connectivity index (χ0v) is 16.9. The van der Waals surface area contributed by atoms with Gasteiger partial charge in [0.15, 0.2) is 4.34 Å². The molecule has 144 valence electrons. The molecule has 1 N–H and O–H groups in total. The molecule has 2 aromatic rings. The largest absolute Gasteiger partial charge is 0.496 e. The Bertz CT molecular complexity index is 807. The highest BCUT2D eigenvalue weighted by molar-refractivity contribution is 8.01. The van der Waals surface area contributed by atoms with Crippen LogP contribution in [0, 0.1) is 0 Å². The molecule has 1 aromatic carbocycles. The van der Waals surface area contributed by atoms with Gasteiger partial charge in [-0.25, -0.2) is 0 Å². The molecule has 1 saturated carbocycles. The maximum absolute atomic E-state index is 12.1. The van der Waals surface area contributed by atoms with Crippen molar-refractivity contribution in [3.63, 3.8) is 0 Å². The number of hydrogen-bond acceptors (Lipinski definition) is 7. The lowest BCUT2D eigenvalue weighted by Gasteiger charge is -2.17. The number of nitrogens with zero attached hydrogens (tertiary/aromatic N) is 3. The lowest BCUT2D eigenvalue weighted by molar-refractivity contribution is -0.119. The Kier molecular flexibility index (Phi) is 6.68. The molecule has 1 aromatic heterocycles. The first-order valence-electron chi connectivity index (χ1n) is 8.79. The van der Waals surface area contributed by atoms with E-state index in [0.717, 1.165) is 24.2 Å². The molecule has 9 heteroatoms. The van der Waals surface area contributed by atoms with Gasteiger partial charge in [0.05, 0.1) is 12.9 Å². The highest BCUT2D eigenvalue weighted by Gasteiger charge is 2.35. The molecule has 1 fully saturated rings. The van der Waals surface area contributed by atoms with E-state index in [-0.39, 0.29) is 23.6 Å². The molecule has 27 heavy (non-hydrogen) atoms. The molecule has 3 rings (SSSR count). The summed E-state index contributed by atoms with van der Waals surface area (Å²) in [6.45, 7) is 2.26. The molecule has 7 nitrogen and oxygen atoms in total. The number of nitrogens with one attached hydrogen (secondary N) is 1. The highest BCUT2D eigenvalue weighted by Crippen LogP contribution is 2.36. The standard InChI is InChI=1S/C18H22N4O3S2/c1-3-16(24)22(13-8-9-13)17-20-21-18(27-17)26-11-15(23)19-10-12-6-4-5-7-14(12)25-2/h4-7,13H,3,8-11H2,1-2H3,(H,19,23). The van der Waals surface area contributed by atoms with Crippen molar-refractivity contribution in [1.82, 2.24) is 15.5 Å². The zero-order valence-electron chi connectivity index (χ0n) is 15.3. The summed E-state index contributed by atoms with van der Waals surface area (Å²) in [7, 11) is 1.61. The van der Waals surface area contributed by atoms with Crippen molar-refractivity contribution < 1.29 is 14.3 Å². The third kappa shape index (κ3) is 5.20. The summed E-state index contributed by atoms with van der Waals surface area (Å²) in [6.07, 6.45) is 2.47. The number of benzene rings is 1. The van der Waals surface area contributed by atoms with E-state index in [9.17, 15) is 9.59 Å². The minimum Gasteiger partial charge on any atom is -0.496 e. The fourth-order valence-corrected chi connectivity index (χ4v) is 4.31. The molecule has 1 aliphatic rings. The molecule has 1 aliphatic carbocycles. The Morgan fingerprint density at radius 1 is 1.33 bits per heavy atom. The molecule has 0 unspecified atom stereocenters. The maximum Gasteiger partial charge on any atom is 0.230 e. The molecule has 0 spiro atoms. The Morgan fingerprint density at radius 3 is 2.81 bits per heavy atom. The second kappa shape index (κ2) is 9.18. The molecule has 0 saturated heterocycles. The van der Waals surface area contributed by atoms with Crippen LogP contribution in [0.2, 0.25) is 0 Å². The minimum absolute atomic E-state index is 0.0692. The molecular weight excluding hydrogens is 384 g/mol. The summed E-state index contributed by atoms with van der Waals surface area (Å²) in [5.74, 6) is 0.973. The Morgan fingerprint density at radius 2 is 2.11 bits per heavy atom. The average Bonchev–Trinajstić information content (AvgIpc) is 3.42. The number of aromatic nitrogens is 2. The predicted molar refractivity (Wildman–Crippen MR) is 106 cm³/mol. The molecule has 1 heterocycles. The van der Waals surface area contributed by atoms with Crippen LogP contribution in [0.3, 0.4) is 0 Å². The third-order valence-electron chi connectivity index (χ3n) is 4.08. The average molecular weight is 407 g/mol. The van der Waals surface area contributed by atoms with Gasteiger partial charge < -0.3 is 10.1 Å². The summed E-state index contributed by atoms with van der Waals surface area (Å²) < 4.78 is 5.97. The lowest BCUT2D eigenvalue weighted by Crippen LogP contribution is -2.32. The molecule has 0 radical (unpaired) electrons. The van der Waals surface area contributed by atoms with Crippen molar-refractivity contribution in [3.05, 3.63) is 29.8 Å². The fraction of sp³-hybridized carbons (Fsp3) is 0.444. The van der Waals surface area contributed by atoms with E-state index in [2.05, 4.69) is 15.5 Å². The zero-order chi connectivity index (χ0) is 19.2. The third-order valence-corrected chi connectivity index (χ3v) is 6.14. The summed E-state index contributed by atoms with van der Waals surface area (Å²) in [6, 6.07) is 7.83. The molecule has 0 atom stereocenters. The van der Waals surface area contributed by atoms with Crippen molar-refractivity contribution >= 4 is 40.0 Å². The van der Waals surface area contributed by atoms with Crippen LogP contribution in [0.5, 0.6) is 5.75 Å². The number of thioether (sulfide) groups is 1. The first-order valence-corrected chi connectivity index (χ1v) is 10.6. The van der Waals surface area contributed by atoms with E-state index in [1.54, 1.807) is 12.0 Å². The van der Waals surface area contributed by atoms with Crippen LogP contribution in [0.1, 0.15) is 31.7 Å². The van der Waals surface area contributed by atoms with Crippen molar-refractivity contribution in [2.45, 2.75) is 43.1 Å². The monoisotopic (exact) mass is 406 g/mol. The highest BCUT2D eigenvalue weighted by atomic mass is 32.2. The van der Waals surface area contributed by atoms with Gasteiger partial charge in [-0.3, -0.25) is 14.5 Å². The molecule has 0 aliphatic heterocycles. The smallest absolute Gasteiger partial charge is 0.230 e.